The summed E-state index contributed by atoms with van der Waals surface area (Å²) >= 11 is 3.39. The highest BCUT2D eigenvalue weighted by Crippen LogP contribution is 2.09. The monoisotopic (exact) mass is 359 g/mol. The van der Waals surface area contributed by atoms with E-state index in [1.165, 1.54) is 0 Å². The molecule has 0 saturated heterocycles. The molecule has 5 heteroatoms. The number of hydrogen-bond acceptors (Lipinski definition) is 3. The number of para-hydroxylation sites is 1. The Morgan fingerprint density at radius 3 is 2.73 bits per heavy atom. The predicted molar refractivity (Wildman–Crippen MR) is 94.0 cm³/mol. The van der Waals surface area contributed by atoms with Crippen LogP contribution in [0.2, 0.25) is 0 Å². The van der Waals surface area contributed by atoms with Gasteiger partial charge in [0.1, 0.15) is 0 Å². The number of rotatable bonds is 7. The predicted octanol–water partition coefficient (Wildman–Crippen LogP) is 3.79. The first-order chi connectivity index (χ1) is 10.7. The van der Waals surface area contributed by atoms with Crippen molar-refractivity contribution in [3.63, 3.8) is 0 Å². The maximum atomic E-state index is 11.6. The van der Waals surface area contributed by atoms with E-state index in [4.69, 9.17) is 0 Å². The van der Waals surface area contributed by atoms with Crippen molar-refractivity contribution in [1.29, 1.82) is 0 Å². The van der Waals surface area contributed by atoms with E-state index in [0.717, 1.165) is 28.7 Å². The van der Waals surface area contributed by atoms with Gasteiger partial charge in [-0.05, 0) is 36.2 Å². The number of benzene rings is 2. The van der Waals surface area contributed by atoms with Gasteiger partial charge in [-0.25, -0.2) is 5.43 Å². The summed E-state index contributed by atoms with van der Waals surface area (Å²) < 4.78 is 0.981. The van der Waals surface area contributed by atoms with Crippen molar-refractivity contribution in [3.8, 4) is 0 Å². The van der Waals surface area contributed by atoms with Crippen molar-refractivity contribution in [1.82, 2.24) is 5.43 Å². The molecule has 0 aliphatic rings. The van der Waals surface area contributed by atoms with E-state index in [-0.39, 0.29) is 5.91 Å². The third-order valence-corrected chi connectivity index (χ3v) is 3.43. The van der Waals surface area contributed by atoms with Crippen LogP contribution in [0, 0.1) is 0 Å². The van der Waals surface area contributed by atoms with Crippen LogP contribution >= 0.6 is 15.9 Å². The number of halogens is 1. The second kappa shape index (κ2) is 9.00. The number of nitrogens with one attached hydrogen (secondary N) is 2. The molecule has 2 aromatic rings. The summed E-state index contributed by atoms with van der Waals surface area (Å²) in [6.07, 6.45) is 2.83. The van der Waals surface area contributed by atoms with Crippen LogP contribution in [0.15, 0.2) is 64.2 Å². The second-order valence-corrected chi connectivity index (χ2v) is 5.66. The van der Waals surface area contributed by atoms with Gasteiger partial charge in [-0.3, -0.25) is 4.79 Å². The average molecular weight is 360 g/mol. The SMILES string of the molecule is O=C(CCCNc1ccccc1)NN=Cc1cccc(Br)c1. The molecule has 0 aliphatic carbocycles. The molecule has 1 amide bonds. The topological polar surface area (TPSA) is 53.5 Å². The van der Waals surface area contributed by atoms with Crippen LogP contribution in [0.5, 0.6) is 0 Å². The molecule has 0 bridgehead atoms. The third-order valence-electron chi connectivity index (χ3n) is 2.94. The van der Waals surface area contributed by atoms with Crippen LogP contribution in [0.4, 0.5) is 5.69 Å². The molecule has 22 heavy (non-hydrogen) atoms. The fourth-order valence-electron chi connectivity index (χ4n) is 1.86. The van der Waals surface area contributed by atoms with Crippen molar-refractivity contribution >= 4 is 33.7 Å². The summed E-state index contributed by atoms with van der Waals surface area (Å²) in [7, 11) is 0. The number of hydrogen-bond donors (Lipinski definition) is 2. The summed E-state index contributed by atoms with van der Waals surface area (Å²) in [5.74, 6) is -0.0823. The van der Waals surface area contributed by atoms with Gasteiger partial charge in [0, 0.05) is 23.1 Å². The summed E-state index contributed by atoms with van der Waals surface area (Å²) in [6, 6.07) is 17.6. The van der Waals surface area contributed by atoms with Gasteiger partial charge in [0.15, 0.2) is 0 Å². The fraction of sp³-hybridized carbons (Fsp3) is 0.176. The molecule has 2 N–H and O–H groups in total. The Morgan fingerprint density at radius 2 is 1.95 bits per heavy atom. The molecule has 0 saturated carbocycles. The van der Waals surface area contributed by atoms with Gasteiger partial charge in [0.25, 0.3) is 0 Å². The second-order valence-electron chi connectivity index (χ2n) is 4.74. The minimum Gasteiger partial charge on any atom is -0.385 e. The molecule has 0 spiro atoms. The largest absolute Gasteiger partial charge is 0.385 e. The van der Waals surface area contributed by atoms with E-state index in [1.54, 1.807) is 6.21 Å². The molecule has 114 valence electrons. The Hall–Kier alpha value is -2.14. The Labute approximate surface area is 138 Å². The van der Waals surface area contributed by atoms with Gasteiger partial charge in [0.05, 0.1) is 6.21 Å². The van der Waals surface area contributed by atoms with Gasteiger partial charge >= 0.3 is 0 Å². The zero-order chi connectivity index (χ0) is 15.6. The van der Waals surface area contributed by atoms with Crippen LogP contribution in [0.3, 0.4) is 0 Å². The molecule has 0 radical (unpaired) electrons. The summed E-state index contributed by atoms with van der Waals surface area (Å²) in [6.45, 7) is 0.757. The Kier molecular flexibility index (Phi) is 6.64. The molecule has 0 heterocycles. The highest BCUT2D eigenvalue weighted by Gasteiger charge is 1.99. The number of hydrazone groups is 1. The Balaban J connectivity index is 1.64. The first kappa shape index (κ1) is 16.2. The average Bonchev–Trinajstić information content (AvgIpc) is 2.53. The number of carbonyl (C=O) groups excluding carboxylic acids is 1. The van der Waals surface area contributed by atoms with Gasteiger partial charge in [0.2, 0.25) is 5.91 Å². The number of nitrogens with zero attached hydrogens (tertiary/aromatic N) is 1. The lowest BCUT2D eigenvalue weighted by molar-refractivity contribution is -0.121. The Bertz CT molecular complexity index is 629. The van der Waals surface area contributed by atoms with Crippen molar-refractivity contribution in [3.05, 3.63) is 64.6 Å². The van der Waals surface area contributed by atoms with Gasteiger partial charge < -0.3 is 5.32 Å². The highest BCUT2D eigenvalue weighted by atomic mass is 79.9. The van der Waals surface area contributed by atoms with E-state index in [0.29, 0.717) is 6.42 Å². The van der Waals surface area contributed by atoms with Gasteiger partial charge in [-0.1, -0.05) is 46.3 Å². The van der Waals surface area contributed by atoms with Crippen molar-refractivity contribution in [2.24, 2.45) is 5.10 Å². The summed E-state index contributed by atoms with van der Waals surface area (Å²) in [5, 5.41) is 7.22. The van der Waals surface area contributed by atoms with Crippen molar-refractivity contribution in [2.75, 3.05) is 11.9 Å². The minimum absolute atomic E-state index is 0.0823. The standard InChI is InChI=1S/C17H18BrN3O/c18-15-7-4-6-14(12-15)13-20-21-17(22)10-5-11-19-16-8-2-1-3-9-16/h1-4,6-9,12-13,19H,5,10-11H2,(H,21,22). The van der Waals surface area contributed by atoms with E-state index in [2.05, 4.69) is 31.8 Å². The molecule has 2 rings (SSSR count). The van der Waals surface area contributed by atoms with Crippen LogP contribution < -0.4 is 10.7 Å². The molecular weight excluding hydrogens is 342 g/mol. The summed E-state index contributed by atoms with van der Waals surface area (Å²) in [5.41, 5.74) is 4.53. The lowest BCUT2D eigenvalue weighted by atomic mass is 10.2. The number of anilines is 1. The van der Waals surface area contributed by atoms with Crippen LogP contribution in [0.25, 0.3) is 0 Å². The first-order valence-corrected chi connectivity index (χ1v) is 7.90. The van der Waals surface area contributed by atoms with Crippen LogP contribution in [-0.2, 0) is 4.79 Å². The van der Waals surface area contributed by atoms with Gasteiger partial charge in [-0.2, -0.15) is 5.10 Å². The number of amides is 1. The lowest BCUT2D eigenvalue weighted by Gasteiger charge is -2.05. The van der Waals surface area contributed by atoms with E-state index in [9.17, 15) is 4.79 Å². The molecule has 0 atom stereocenters. The van der Waals surface area contributed by atoms with E-state index in [1.807, 2.05) is 54.6 Å². The van der Waals surface area contributed by atoms with Crippen LogP contribution in [0.1, 0.15) is 18.4 Å². The summed E-state index contributed by atoms with van der Waals surface area (Å²) in [4.78, 5) is 11.6. The minimum atomic E-state index is -0.0823. The zero-order valence-corrected chi connectivity index (χ0v) is 13.7. The maximum absolute atomic E-state index is 11.6. The Morgan fingerprint density at radius 1 is 1.14 bits per heavy atom. The first-order valence-electron chi connectivity index (χ1n) is 7.10. The molecule has 4 nitrogen and oxygen atoms in total. The van der Waals surface area contributed by atoms with E-state index < -0.39 is 0 Å². The third kappa shape index (κ3) is 6.10. The lowest BCUT2D eigenvalue weighted by Crippen LogP contribution is -2.18. The van der Waals surface area contributed by atoms with Crippen LogP contribution in [-0.4, -0.2) is 18.7 Å². The molecular formula is C17H18BrN3O. The normalized spacial score (nSPS) is 10.6. The smallest absolute Gasteiger partial charge is 0.240 e. The zero-order valence-electron chi connectivity index (χ0n) is 12.1. The van der Waals surface area contributed by atoms with Crippen molar-refractivity contribution in [2.45, 2.75) is 12.8 Å². The quantitative estimate of drug-likeness (QED) is 0.448. The number of carbonyl (C=O) groups is 1. The molecule has 0 aromatic heterocycles. The van der Waals surface area contributed by atoms with Gasteiger partial charge in [-0.15, -0.1) is 0 Å². The van der Waals surface area contributed by atoms with E-state index >= 15 is 0 Å². The highest BCUT2D eigenvalue weighted by molar-refractivity contribution is 9.10. The molecule has 0 aliphatic heterocycles. The molecule has 2 aromatic carbocycles. The maximum Gasteiger partial charge on any atom is 0.240 e. The molecule has 0 fully saturated rings. The fourth-order valence-corrected chi connectivity index (χ4v) is 2.28. The molecule has 0 unspecified atom stereocenters. The van der Waals surface area contributed by atoms with Crippen molar-refractivity contribution < 1.29 is 4.79 Å².